The van der Waals surface area contributed by atoms with Crippen LogP contribution in [-0.4, -0.2) is 36.8 Å². The van der Waals surface area contributed by atoms with E-state index in [2.05, 4.69) is 10.6 Å². The van der Waals surface area contributed by atoms with Crippen LogP contribution in [0.3, 0.4) is 0 Å². The summed E-state index contributed by atoms with van der Waals surface area (Å²) in [5, 5.41) is 6.36. The third-order valence-corrected chi connectivity index (χ3v) is 6.15. The van der Waals surface area contributed by atoms with Gasteiger partial charge in [0.05, 0.1) is 44.0 Å². The van der Waals surface area contributed by atoms with Crippen molar-refractivity contribution in [2.24, 2.45) is 0 Å². The van der Waals surface area contributed by atoms with Crippen LogP contribution >= 0.6 is 0 Å². The largest absolute Gasteiger partial charge is 0.497 e. The number of fused-ring (bicyclic) bond motifs is 3. The Bertz CT molecular complexity index is 1440. The molecule has 1 aromatic heterocycles. The summed E-state index contributed by atoms with van der Waals surface area (Å²) in [6.45, 7) is 1.88. The number of para-hydroxylation sites is 2. The van der Waals surface area contributed by atoms with Crippen LogP contribution in [0.25, 0.3) is 11.0 Å². The molecule has 1 aliphatic rings. The van der Waals surface area contributed by atoms with Gasteiger partial charge in [-0.05, 0) is 61.5 Å². The van der Waals surface area contributed by atoms with Crippen molar-refractivity contribution in [1.29, 1.82) is 0 Å². The van der Waals surface area contributed by atoms with Crippen LogP contribution < -0.4 is 24.8 Å². The van der Waals surface area contributed by atoms with Gasteiger partial charge in [-0.25, -0.2) is 4.98 Å². The maximum atomic E-state index is 13.8. The number of anilines is 2. The maximum Gasteiger partial charge on any atom is 0.255 e. The Kier molecular flexibility index (Phi) is 5.78. The van der Waals surface area contributed by atoms with Crippen LogP contribution in [0.1, 0.15) is 18.5 Å². The molecule has 1 aliphatic heterocycles. The molecule has 0 radical (unpaired) electrons. The van der Waals surface area contributed by atoms with Gasteiger partial charge in [-0.15, -0.1) is 0 Å². The number of imidazole rings is 1. The Hall–Kier alpha value is -4.46. The minimum absolute atomic E-state index is 0.238. The minimum atomic E-state index is -0.512. The summed E-state index contributed by atoms with van der Waals surface area (Å²) in [5.74, 6) is 2.44. The first-order valence-corrected chi connectivity index (χ1v) is 11.2. The van der Waals surface area contributed by atoms with Crippen LogP contribution in [0, 0.1) is 0 Å². The van der Waals surface area contributed by atoms with E-state index in [0.29, 0.717) is 40.2 Å². The van der Waals surface area contributed by atoms with Gasteiger partial charge in [0.2, 0.25) is 5.95 Å². The van der Waals surface area contributed by atoms with Crippen molar-refractivity contribution in [1.82, 2.24) is 9.55 Å². The number of rotatable bonds is 6. The van der Waals surface area contributed by atoms with E-state index in [0.717, 1.165) is 16.6 Å². The molecule has 3 aromatic carbocycles. The molecular formula is C27H26N4O4. The van der Waals surface area contributed by atoms with Gasteiger partial charge in [-0.2, -0.15) is 0 Å². The first kappa shape index (κ1) is 22.3. The average Bonchev–Trinajstić information content (AvgIpc) is 3.25. The molecule has 2 heterocycles. The molecule has 5 rings (SSSR count). The highest BCUT2D eigenvalue weighted by Gasteiger charge is 2.36. The molecule has 1 amide bonds. The van der Waals surface area contributed by atoms with E-state index in [-0.39, 0.29) is 5.91 Å². The second-order valence-electron chi connectivity index (χ2n) is 8.15. The quantitative estimate of drug-likeness (QED) is 0.413. The highest BCUT2D eigenvalue weighted by atomic mass is 16.5. The third-order valence-electron chi connectivity index (χ3n) is 6.15. The van der Waals surface area contributed by atoms with Gasteiger partial charge >= 0.3 is 0 Å². The second-order valence-corrected chi connectivity index (χ2v) is 8.15. The van der Waals surface area contributed by atoms with E-state index in [1.165, 1.54) is 0 Å². The number of amides is 1. The monoisotopic (exact) mass is 470 g/mol. The number of hydrogen-bond donors (Lipinski definition) is 2. The van der Waals surface area contributed by atoms with Crippen LogP contribution in [0.2, 0.25) is 0 Å². The van der Waals surface area contributed by atoms with Crippen LogP contribution in [0.15, 0.2) is 78.0 Å². The predicted molar refractivity (Wildman–Crippen MR) is 135 cm³/mol. The fraction of sp³-hybridized carbons (Fsp3) is 0.185. The van der Waals surface area contributed by atoms with Gasteiger partial charge in [0.1, 0.15) is 17.2 Å². The fourth-order valence-corrected chi connectivity index (χ4v) is 4.48. The maximum absolute atomic E-state index is 13.8. The molecule has 0 saturated carbocycles. The zero-order valence-corrected chi connectivity index (χ0v) is 20.0. The number of benzene rings is 3. The Morgan fingerprint density at radius 1 is 0.943 bits per heavy atom. The molecule has 1 atom stereocenters. The number of nitrogens with one attached hydrogen (secondary N) is 2. The lowest BCUT2D eigenvalue weighted by Crippen LogP contribution is -2.31. The molecule has 0 aliphatic carbocycles. The number of aromatic nitrogens is 2. The lowest BCUT2D eigenvalue weighted by Gasteiger charge is -2.31. The van der Waals surface area contributed by atoms with Crippen molar-refractivity contribution in [3.63, 3.8) is 0 Å². The van der Waals surface area contributed by atoms with Gasteiger partial charge in [0.15, 0.2) is 0 Å². The van der Waals surface area contributed by atoms with Crippen LogP contribution in [-0.2, 0) is 4.79 Å². The summed E-state index contributed by atoms with van der Waals surface area (Å²) >= 11 is 0. The van der Waals surface area contributed by atoms with E-state index in [1.54, 1.807) is 33.5 Å². The molecule has 35 heavy (non-hydrogen) atoms. The number of methoxy groups -OCH3 is 3. The number of nitrogens with zero attached hydrogens (tertiary/aromatic N) is 2. The smallest absolute Gasteiger partial charge is 0.255 e. The summed E-state index contributed by atoms with van der Waals surface area (Å²) in [5.41, 5.74) is 4.42. The Morgan fingerprint density at radius 3 is 2.37 bits per heavy atom. The molecule has 2 N–H and O–H groups in total. The summed E-state index contributed by atoms with van der Waals surface area (Å²) in [6.07, 6.45) is 0. The minimum Gasteiger partial charge on any atom is -0.497 e. The number of ether oxygens (including phenoxy) is 3. The van der Waals surface area contributed by atoms with E-state index < -0.39 is 6.04 Å². The Balaban J connectivity index is 1.68. The normalized spacial score (nSPS) is 14.8. The Morgan fingerprint density at radius 2 is 1.66 bits per heavy atom. The molecule has 8 nitrogen and oxygen atoms in total. The van der Waals surface area contributed by atoms with Gasteiger partial charge in [-0.1, -0.05) is 12.1 Å². The standard InChI is InChI=1S/C27H26N4O4/c1-16-24(26(32)29-17-9-11-18(33-2)12-10-17)25(20-15-19(34-3)13-14-23(20)35-4)31-22-8-6-5-7-21(22)30-27(31)28-16/h5-15,25H,1-4H3,(H,28,30)(H,29,32)/t25-/m1/s1. The molecule has 0 fully saturated rings. The topological polar surface area (TPSA) is 86.6 Å². The molecule has 4 aromatic rings. The lowest BCUT2D eigenvalue weighted by molar-refractivity contribution is -0.113. The van der Waals surface area contributed by atoms with Crippen molar-refractivity contribution in [3.05, 3.63) is 83.6 Å². The zero-order chi connectivity index (χ0) is 24.5. The first-order valence-electron chi connectivity index (χ1n) is 11.2. The number of carbonyl (C=O) groups excluding carboxylic acids is 1. The lowest BCUT2D eigenvalue weighted by atomic mass is 9.93. The summed E-state index contributed by atoms with van der Waals surface area (Å²) in [7, 11) is 4.84. The molecule has 178 valence electrons. The highest BCUT2D eigenvalue weighted by molar-refractivity contribution is 6.06. The van der Waals surface area contributed by atoms with Crippen molar-refractivity contribution in [2.75, 3.05) is 32.0 Å². The zero-order valence-electron chi connectivity index (χ0n) is 20.0. The molecular weight excluding hydrogens is 444 g/mol. The number of carbonyl (C=O) groups is 1. The number of hydrogen-bond acceptors (Lipinski definition) is 6. The second kappa shape index (κ2) is 9.06. The molecule has 0 spiro atoms. The van der Waals surface area contributed by atoms with Gasteiger partial charge in [-0.3, -0.25) is 9.36 Å². The summed E-state index contributed by atoms with van der Waals surface area (Å²) < 4.78 is 18.5. The average molecular weight is 471 g/mol. The van der Waals surface area contributed by atoms with Crippen LogP contribution in [0.4, 0.5) is 11.6 Å². The van der Waals surface area contributed by atoms with Gasteiger partial charge < -0.3 is 24.8 Å². The predicted octanol–water partition coefficient (Wildman–Crippen LogP) is 4.99. The van der Waals surface area contributed by atoms with E-state index in [1.807, 2.05) is 66.1 Å². The molecule has 0 saturated heterocycles. The van der Waals surface area contributed by atoms with E-state index in [4.69, 9.17) is 19.2 Å². The fourth-order valence-electron chi connectivity index (χ4n) is 4.48. The third kappa shape index (κ3) is 3.93. The molecule has 0 unspecified atom stereocenters. The first-order chi connectivity index (χ1) is 17.0. The Labute approximate surface area is 203 Å². The van der Waals surface area contributed by atoms with E-state index in [9.17, 15) is 4.79 Å². The van der Waals surface area contributed by atoms with Crippen LogP contribution in [0.5, 0.6) is 17.2 Å². The van der Waals surface area contributed by atoms with Gasteiger partial charge in [0, 0.05) is 16.9 Å². The van der Waals surface area contributed by atoms with Crippen molar-refractivity contribution < 1.29 is 19.0 Å². The van der Waals surface area contributed by atoms with Gasteiger partial charge in [0.25, 0.3) is 5.91 Å². The van der Waals surface area contributed by atoms with E-state index >= 15 is 0 Å². The summed E-state index contributed by atoms with van der Waals surface area (Å²) in [6, 6.07) is 20.2. The SMILES string of the molecule is COc1ccc(NC(=O)C2=C(C)Nc3nc4ccccc4n3[C@@H]2c2cc(OC)ccc2OC)cc1. The number of allylic oxidation sites excluding steroid dienone is 1. The summed E-state index contributed by atoms with van der Waals surface area (Å²) in [4.78, 5) is 18.6. The van der Waals surface area contributed by atoms with Crippen molar-refractivity contribution in [3.8, 4) is 17.2 Å². The highest BCUT2D eigenvalue weighted by Crippen LogP contribution is 2.43. The van der Waals surface area contributed by atoms with Crippen molar-refractivity contribution >= 4 is 28.6 Å². The molecule has 8 heteroatoms. The molecule has 0 bridgehead atoms. The van der Waals surface area contributed by atoms with Crippen molar-refractivity contribution in [2.45, 2.75) is 13.0 Å².